The molecule has 2 aromatic carbocycles. The molecule has 0 aliphatic carbocycles. The van der Waals surface area contributed by atoms with Gasteiger partial charge in [-0.3, -0.25) is 4.98 Å². The van der Waals surface area contributed by atoms with Crippen LogP contribution in [0.4, 0.5) is 10.3 Å². The number of hydrogen-bond acceptors (Lipinski definition) is 5. The molecule has 1 atom stereocenters. The minimum Gasteiger partial charge on any atom is -0.353 e. The number of nitrogens with two attached hydrogens (primary N) is 1. The minimum absolute atomic E-state index is 0.0803. The summed E-state index contributed by atoms with van der Waals surface area (Å²) >= 11 is 0. The third-order valence-electron chi connectivity index (χ3n) is 4.74. The van der Waals surface area contributed by atoms with Gasteiger partial charge in [-0.15, -0.1) is 0 Å². The van der Waals surface area contributed by atoms with Crippen molar-refractivity contribution in [2.24, 2.45) is 5.73 Å². The summed E-state index contributed by atoms with van der Waals surface area (Å²) in [4.78, 5) is 13.2. The lowest BCUT2D eigenvalue weighted by Gasteiger charge is -2.15. The van der Waals surface area contributed by atoms with Crippen LogP contribution in [0, 0.1) is 5.82 Å². The second-order valence-corrected chi connectivity index (χ2v) is 7.03. The highest BCUT2D eigenvalue weighted by Gasteiger charge is 2.13. The van der Waals surface area contributed by atoms with Crippen LogP contribution in [-0.2, 0) is 6.42 Å². The molecule has 150 valence electrons. The van der Waals surface area contributed by atoms with Gasteiger partial charge < -0.3 is 11.1 Å². The predicted molar refractivity (Wildman–Crippen MR) is 117 cm³/mol. The van der Waals surface area contributed by atoms with Crippen molar-refractivity contribution in [2.45, 2.75) is 12.5 Å². The molecule has 0 saturated carbocycles. The first-order valence-electron chi connectivity index (χ1n) is 9.76. The summed E-state index contributed by atoms with van der Waals surface area (Å²) in [5.74, 6) is 0.174. The largest absolute Gasteiger partial charge is 0.353 e. The second kappa shape index (κ2) is 9.24. The monoisotopic (exact) mass is 399 g/mol. The average molecular weight is 399 g/mol. The maximum atomic E-state index is 13.8. The third-order valence-corrected chi connectivity index (χ3v) is 4.74. The SMILES string of the molecule is N[C@@H](CNc1ncc(-c2cccc(F)c2)c(-c2ccncc2)n1)Cc1ccccc1. The zero-order valence-corrected chi connectivity index (χ0v) is 16.4. The van der Waals surface area contributed by atoms with Crippen LogP contribution in [0.1, 0.15) is 5.56 Å². The van der Waals surface area contributed by atoms with Gasteiger partial charge in [0.25, 0.3) is 0 Å². The maximum Gasteiger partial charge on any atom is 0.223 e. The fourth-order valence-electron chi connectivity index (χ4n) is 3.28. The van der Waals surface area contributed by atoms with E-state index in [9.17, 15) is 4.39 Å². The molecule has 6 heteroatoms. The van der Waals surface area contributed by atoms with Gasteiger partial charge in [0.1, 0.15) is 5.82 Å². The molecule has 5 nitrogen and oxygen atoms in total. The van der Waals surface area contributed by atoms with Crippen molar-refractivity contribution < 1.29 is 4.39 Å². The molecular weight excluding hydrogens is 377 g/mol. The minimum atomic E-state index is -0.303. The normalized spacial score (nSPS) is 11.8. The molecule has 2 heterocycles. The van der Waals surface area contributed by atoms with Crippen molar-refractivity contribution in [1.82, 2.24) is 15.0 Å². The molecule has 0 aliphatic rings. The van der Waals surface area contributed by atoms with Crippen LogP contribution >= 0.6 is 0 Å². The predicted octanol–water partition coefficient (Wildman–Crippen LogP) is 4.33. The van der Waals surface area contributed by atoms with Crippen molar-refractivity contribution in [2.75, 3.05) is 11.9 Å². The average Bonchev–Trinajstić information content (AvgIpc) is 2.79. The van der Waals surface area contributed by atoms with Gasteiger partial charge in [-0.1, -0.05) is 42.5 Å². The fraction of sp³-hybridized carbons (Fsp3) is 0.125. The first-order chi connectivity index (χ1) is 14.7. The molecule has 0 amide bonds. The molecule has 0 bridgehead atoms. The van der Waals surface area contributed by atoms with E-state index in [0.29, 0.717) is 23.8 Å². The summed E-state index contributed by atoms with van der Waals surface area (Å²) in [6.07, 6.45) is 5.88. The zero-order valence-electron chi connectivity index (χ0n) is 16.4. The van der Waals surface area contributed by atoms with Crippen LogP contribution in [0.15, 0.2) is 85.3 Å². The quantitative estimate of drug-likeness (QED) is 0.484. The highest BCUT2D eigenvalue weighted by atomic mass is 19.1. The summed E-state index contributed by atoms with van der Waals surface area (Å²) in [6.45, 7) is 0.532. The molecule has 0 fully saturated rings. The van der Waals surface area contributed by atoms with E-state index < -0.39 is 0 Å². The highest BCUT2D eigenvalue weighted by Crippen LogP contribution is 2.30. The first-order valence-corrected chi connectivity index (χ1v) is 9.76. The molecule has 4 rings (SSSR count). The van der Waals surface area contributed by atoms with E-state index in [2.05, 4.69) is 27.4 Å². The Morgan fingerprint density at radius 2 is 1.73 bits per heavy atom. The smallest absolute Gasteiger partial charge is 0.223 e. The Labute approximate surface area is 174 Å². The second-order valence-electron chi connectivity index (χ2n) is 7.03. The van der Waals surface area contributed by atoms with Gasteiger partial charge in [0, 0.05) is 42.3 Å². The Balaban J connectivity index is 1.58. The summed E-state index contributed by atoms with van der Waals surface area (Å²) in [5.41, 5.74) is 10.5. The number of aromatic nitrogens is 3. The number of anilines is 1. The first kappa shape index (κ1) is 19.7. The molecule has 3 N–H and O–H groups in total. The summed E-state index contributed by atoms with van der Waals surface area (Å²) < 4.78 is 13.8. The lowest BCUT2D eigenvalue weighted by Crippen LogP contribution is -2.31. The van der Waals surface area contributed by atoms with E-state index in [1.165, 1.54) is 17.7 Å². The van der Waals surface area contributed by atoms with Crippen molar-refractivity contribution in [1.29, 1.82) is 0 Å². The fourth-order valence-corrected chi connectivity index (χ4v) is 3.28. The van der Waals surface area contributed by atoms with Gasteiger partial charge in [0.05, 0.1) is 5.69 Å². The Morgan fingerprint density at radius 3 is 2.50 bits per heavy atom. The molecule has 0 aliphatic heterocycles. The highest BCUT2D eigenvalue weighted by molar-refractivity contribution is 5.80. The molecule has 0 radical (unpaired) electrons. The van der Waals surface area contributed by atoms with E-state index in [1.807, 2.05) is 36.4 Å². The van der Waals surface area contributed by atoms with Gasteiger partial charge in [0.2, 0.25) is 5.95 Å². The van der Waals surface area contributed by atoms with E-state index in [1.54, 1.807) is 24.7 Å². The van der Waals surface area contributed by atoms with Crippen LogP contribution in [0.2, 0.25) is 0 Å². The Hall–Kier alpha value is -3.64. The van der Waals surface area contributed by atoms with Gasteiger partial charge >= 0.3 is 0 Å². The lowest BCUT2D eigenvalue weighted by atomic mass is 10.0. The summed E-state index contributed by atoms with van der Waals surface area (Å²) in [5, 5.41) is 3.23. The maximum absolute atomic E-state index is 13.8. The van der Waals surface area contributed by atoms with E-state index in [4.69, 9.17) is 10.7 Å². The van der Waals surface area contributed by atoms with Crippen molar-refractivity contribution in [3.8, 4) is 22.4 Å². The van der Waals surface area contributed by atoms with Crippen LogP contribution in [0.3, 0.4) is 0 Å². The Bertz CT molecular complexity index is 1100. The molecule has 0 unspecified atom stereocenters. The van der Waals surface area contributed by atoms with Gasteiger partial charge in [-0.25, -0.2) is 14.4 Å². The van der Waals surface area contributed by atoms with Gasteiger partial charge in [-0.2, -0.15) is 0 Å². The summed E-state index contributed by atoms with van der Waals surface area (Å²) in [6, 6.07) is 20.2. The number of benzene rings is 2. The van der Waals surface area contributed by atoms with E-state index in [-0.39, 0.29) is 11.9 Å². The third kappa shape index (κ3) is 4.85. The van der Waals surface area contributed by atoms with Gasteiger partial charge in [0.15, 0.2) is 0 Å². The molecule has 0 saturated heterocycles. The number of nitrogens with zero attached hydrogens (tertiary/aromatic N) is 3. The lowest BCUT2D eigenvalue weighted by molar-refractivity contribution is 0.628. The zero-order chi connectivity index (χ0) is 20.8. The van der Waals surface area contributed by atoms with Crippen molar-refractivity contribution in [3.63, 3.8) is 0 Å². The summed E-state index contributed by atoms with van der Waals surface area (Å²) in [7, 11) is 0. The number of nitrogens with one attached hydrogen (secondary N) is 1. The van der Waals surface area contributed by atoms with Crippen LogP contribution in [0.25, 0.3) is 22.4 Å². The number of hydrogen-bond donors (Lipinski definition) is 2. The van der Waals surface area contributed by atoms with Crippen molar-refractivity contribution >= 4 is 5.95 Å². The standard InChI is InChI=1S/C24H22FN5/c25-20-8-4-7-19(14-20)22-16-29-24(30-23(22)18-9-11-27-12-10-18)28-15-21(26)13-17-5-2-1-3-6-17/h1-12,14,16,21H,13,15,26H2,(H,28,29,30)/t21-/m1/s1. The van der Waals surface area contributed by atoms with E-state index in [0.717, 1.165) is 17.5 Å². The topological polar surface area (TPSA) is 76.7 Å². The molecular formula is C24H22FN5. The van der Waals surface area contributed by atoms with Crippen LogP contribution in [0.5, 0.6) is 0 Å². The Kier molecular flexibility index (Phi) is 6.06. The molecule has 30 heavy (non-hydrogen) atoms. The van der Waals surface area contributed by atoms with Crippen LogP contribution < -0.4 is 11.1 Å². The number of rotatable bonds is 7. The van der Waals surface area contributed by atoms with E-state index >= 15 is 0 Å². The van der Waals surface area contributed by atoms with Crippen LogP contribution in [-0.4, -0.2) is 27.5 Å². The molecule has 4 aromatic rings. The molecule has 2 aromatic heterocycles. The Morgan fingerprint density at radius 1 is 0.933 bits per heavy atom. The number of pyridine rings is 1. The molecule has 0 spiro atoms. The van der Waals surface area contributed by atoms with Gasteiger partial charge in [-0.05, 0) is 41.8 Å². The number of halogens is 1. The van der Waals surface area contributed by atoms with Crippen molar-refractivity contribution in [3.05, 3.63) is 96.7 Å².